The minimum Gasteiger partial charge on any atom is -0.492 e. The average molecular weight is 269 g/mol. The van der Waals surface area contributed by atoms with Crippen molar-refractivity contribution in [3.05, 3.63) is 46.5 Å². The number of pyridine rings is 1. The number of carbonyl (C=O) groups is 1. The fourth-order valence-electron chi connectivity index (χ4n) is 2.83. The van der Waals surface area contributed by atoms with Crippen LogP contribution < -0.4 is 0 Å². The van der Waals surface area contributed by atoms with Gasteiger partial charge in [-0.15, -0.1) is 0 Å². The van der Waals surface area contributed by atoms with Gasteiger partial charge in [-0.25, -0.2) is 0 Å². The van der Waals surface area contributed by atoms with Crippen LogP contribution in [0.1, 0.15) is 34.1 Å². The van der Waals surface area contributed by atoms with E-state index in [2.05, 4.69) is 4.98 Å². The van der Waals surface area contributed by atoms with Crippen LogP contribution in [-0.2, 0) is 11.3 Å². The minimum atomic E-state index is -0.181. The number of nitrogens with zero attached hydrogens (tertiary/aromatic N) is 1. The number of Topliss-reactive ketones (excluding diaryl/α,β-unsaturated/α-hetero) is 1. The van der Waals surface area contributed by atoms with Crippen molar-refractivity contribution in [2.75, 3.05) is 7.11 Å². The van der Waals surface area contributed by atoms with Crippen molar-refractivity contribution in [2.45, 2.75) is 20.5 Å². The quantitative estimate of drug-likeness (QED) is 0.910. The third-order valence-electron chi connectivity index (χ3n) is 3.84. The van der Waals surface area contributed by atoms with Crippen LogP contribution in [0, 0.1) is 6.92 Å². The van der Waals surface area contributed by atoms with E-state index in [-0.39, 0.29) is 12.4 Å². The summed E-state index contributed by atoms with van der Waals surface area (Å²) in [6.07, 6.45) is 1.80. The molecular weight excluding hydrogens is 254 g/mol. The number of hydrogen-bond acceptors (Lipinski definition) is 4. The molecule has 0 unspecified atom stereocenters. The maximum atomic E-state index is 12.6. The fourth-order valence-corrected chi connectivity index (χ4v) is 2.83. The molecule has 1 heterocycles. The molecule has 0 saturated heterocycles. The summed E-state index contributed by atoms with van der Waals surface area (Å²) in [6, 6.07) is 3.73. The molecule has 102 valence electrons. The standard InChI is InChI=1S/C16H15NO3/c1-8-6-17-14-9(2)16(20-3)15(19)12-10(7-18)4-5-11(8)13(12)14/h4-6,18H,7H2,1-3H3. The average Bonchev–Trinajstić information content (AvgIpc) is 2.46. The van der Waals surface area contributed by atoms with E-state index in [0.717, 1.165) is 27.6 Å². The number of aliphatic hydroxyl groups excluding tert-OH is 1. The number of allylic oxidation sites excluding steroid dienone is 2. The number of carbonyl (C=O) groups excluding carboxylic acids is 1. The molecule has 2 aromatic rings. The van der Waals surface area contributed by atoms with Crippen LogP contribution in [0.4, 0.5) is 0 Å². The first-order chi connectivity index (χ1) is 9.60. The highest BCUT2D eigenvalue weighted by molar-refractivity contribution is 6.24. The Morgan fingerprint density at radius 2 is 2.05 bits per heavy atom. The first-order valence-electron chi connectivity index (χ1n) is 6.42. The van der Waals surface area contributed by atoms with Crippen molar-refractivity contribution in [3.63, 3.8) is 0 Å². The van der Waals surface area contributed by atoms with E-state index in [9.17, 15) is 9.90 Å². The van der Waals surface area contributed by atoms with E-state index < -0.39 is 0 Å². The second-order valence-electron chi connectivity index (χ2n) is 4.96. The lowest BCUT2D eigenvalue weighted by Gasteiger charge is -2.22. The SMILES string of the molecule is COC1=C(C)c2ncc(C)c3ccc(CO)c(c23)C1=O. The van der Waals surface area contributed by atoms with Crippen molar-refractivity contribution in [1.82, 2.24) is 4.98 Å². The second kappa shape index (κ2) is 4.42. The van der Waals surface area contributed by atoms with Crippen LogP contribution in [0.3, 0.4) is 0 Å². The number of ether oxygens (including phenoxy) is 1. The minimum absolute atomic E-state index is 0.180. The van der Waals surface area contributed by atoms with Gasteiger partial charge in [-0.05, 0) is 30.4 Å². The molecule has 0 saturated carbocycles. The molecule has 1 N–H and O–H groups in total. The lowest BCUT2D eigenvalue weighted by molar-refractivity contribution is 0.0953. The summed E-state index contributed by atoms with van der Waals surface area (Å²) in [4.78, 5) is 17.1. The third kappa shape index (κ3) is 1.51. The van der Waals surface area contributed by atoms with E-state index in [0.29, 0.717) is 16.9 Å². The number of methoxy groups -OCH3 is 1. The van der Waals surface area contributed by atoms with E-state index in [4.69, 9.17) is 4.74 Å². The summed E-state index contributed by atoms with van der Waals surface area (Å²) in [6.45, 7) is 3.62. The molecule has 0 fully saturated rings. The van der Waals surface area contributed by atoms with Gasteiger partial charge in [-0.1, -0.05) is 12.1 Å². The number of aliphatic hydroxyl groups is 1. The zero-order valence-electron chi connectivity index (χ0n) is 11.7. The van der Waals surface area contributed by atoms with Gasteiger partial charge in [-0.2, -0.15) is 0 Å². The molecular formula is C16H15NO3. The number of aryl methyl sites for hydroxylation is 1. The predicted octanol–water partition coefficient (Wildman–Crippen LogP) is 2.61. The van der Waals surface area contributed by atoms with Crippen LogP contribution in [0.25, 0.3) is 16.3 Å². The van der Waals surface area contributed by atoms with Crippen molar-refractivity contribution in [1.29, 1.82) is 0 Å². The van der Waals surface area contributed by atoms with Gasteiger partial charge in [0.05, 0.1) is 19.4 Å². The molecule has 0 amide bonds. The zero-order valence-corrected chi connectivity index (χ0v) is 11.7. The highest BCUT2D eigenvalue weighted by Crippen LogP contribution is 2.37. The Kier molecular flexibility index (Phi) is 2.83. The molecule has 1 aromatic carbocycles. The Bertz CT molecular complexity index is 775. The van der Waals surface area contributed by atoms with Gasteiger partial charge in [0, 0.05) is 22.7 Å². The Morgan fingerprint density at radius 3 is 2.70 bits per heavy atom. The first kappa shape index (κ1) is 12.8. The van der Waals surface area contributed by atoms with E-state index in [1.807, 2.05) is 19.9 Å². The Labute approximate surface area is 116 Å². The molecule has 1 aliphatic carbocycles. The molecule has 0 radical (unpaired) electrons. The van der Waals surface area contributed by atoms with Gasteiger partial charge in [0.15, 0.2) is 5.76 Å². The smallest absolute Gasteiger partial charge is 0.228 e. The number of benzene rings is 1. The van der Waals surface area contributed by atoms with Crippen molar-refractivity contribution < 1.29 is 14.6 Å². The van der Waals surface area contributed by atoms with E-state index >= 15 is 0 Å². The molecule has 0 spiro atoms. The molecule has 1 aliphatic rings. The highest BCUT2D eigenvalue weighted by Gasteiger charge is 2.30. The van der Waals surface area contributed by atoms with Crippen LogP contribution in [0.15, 0.2) is 24.1 Å². The van der Waals surface area contributed by atoms with Crippen molar-refractivity contribution in [3.8, 4) is 0 Å². The molecule has 20 heavy (non-hydrogen) atoms. The summed E-state index contributed by atoms with van der Waals surface area (Å²) in [5, 5.41) is 11.3. The first-order valence-corrected chi connectivity index (χ1v) is 6.42. The normalized spacial score (nSPS) is 14.1. The summed E-state index contributed by atoms with van der Waals surface area (Å²) >= 11 is 0. The van der Waals surface area contributed by atoms with Gasteiger partial charge in [0.1, 0.15) is 0 Å². The van der Waals surface area contributed by atoms with Crippen molar-refractivity contribution >= 4 is 22.1 Å². The number of ketones is 1. The van der Waals surface area contributed by atoms with Crippen LogP contribution in [-0.4, -0.2) is 23.0 Å². The molecule has 0 bridgehead atoms. The van der Waals surface area contributed by atoms with Crippen LogP contribution >= 0.6 is 0 Å². The Hall–Kier alpha value is -2.20. The second-order valence-corrected chi connectivity index (χ2v) is 4.96. The molecule has 0 aliphatic heterocycles. The molecule has 4 heteroatoms. The van der Waals surface area contributed by atoms with Gasteiger partial charge in [0.25, 0.3) is 0 Å². The number of aromatic nitrogens is 1. The molecule has 0 atom stereocenters. The summed E-state index contributed by atoms with van der Waals surface area (Å²) in [5.74, 6) is 0.121. The molecule has 1 aromatic heterocycles. The lowest BCUT2D eigenvalue weighted by Crippen LogP contribution is -2.17. The van der Waals surface area contributed by atoms with Gasteiger partial charge >= 0.3 is 0 Å². The maximum absolute atomic E-state index is 12.6. The largest absolute Gasteiger partial charge is 0.492 e. The Balaban J connectivity index is 2.54. The van der Waals surface area contributed by atoms with Gasteiger partial charge in [-0.3, -0.25) is 9.78 Å². The number of hydrogen-bond donors (Lipinski definition) is 1. The predicted molar refractivity (Wildman–Crippen MR) is 76.3 cm³/mol. The third-order valence-corrected chi connectivity index (χ3v) is 3.84. The van der Waals surface area contributed by atoms with Gasteiger partial charge in [0.2, 0.25) is 5.78 Å². The summed E-state index contributed by atoms with van der Waals surface area (Å²) in [7, 11) is 1.48. The molecule has 4 nitrogen and oxygen atoms in total. The van der Waals surface area contributed by atoms with Crippen LogP contribution in [0.2, 0.25) is 0 Å². The topological polar surface area (TPSA) is 59.4 Å². The lowest BCUT2D eigenvalue weighted by atomic mass is 9.86. The highest BCUT2D eigenvalue weighted by atomic mass is 16.5. The van der Waals surface area contributed by atoms with Crippen molar-refractivity contribution in [2.24, 2.45) is 0 Å². The number of rotatable bonds is 2. The zero-order chi connectivity index (χ0) is 14.4. The van der Waals surface area contributed by atoms with E-state index in [1.54, 1.807) is 12.3 Å². The maximum Gasteiger partial charge on any atom is 0.228 e. The Morgan fingerprint density at radius 1 is 1.30 bits per heavy atom. The van der Waals surface area contributed by atoms with E-state index in [1.165, 1.54) is 7.11 Å². The van der Waals surface area contributed by atoms with Gasteiger partial charge < -0.3 is 9.84 Å². The monoisotopic (exact) mass is 269 g/mol. The summed E-state index contributed by atoms with van der Waals surface area (Å²) in [5.41, 5.74) is 3.63. The summed E-state index contributed by atoms with van der Waals surface area (Å²) < 4.78 is 5.24. The molecule has 3 rings (SSSR count). The fraction of sp³-hybridized carbons (Fsp3) is 0.250. The van der Waals surface area contributed by atoms with Crippen LogP contribution in [0.5, 0.6) is 0 Å².